The monoisotopic (exact) mass is 347 g/mol. The van der Waals surface area contributed by atoms with E-state index in [0.717, 1.165) is 14.3 Å². The molecule has 8 heteroatoms. The van der Waals surface area contributed by atoms with Crippen LogP contribution in [-0.2, 0) is 15.8 Å². The Bertz CT molecular complexity index is 611. The molecular formula is C10H10BrN3O2S2. The van der Waals surface area contributed by atoms with Gasteiger partial charge in [0.25, 0.3) is 0 Å². The second-order valence-electron chi connectivity index (χ2n) is 3.57. The first-order valence-corrected chi connectivity index (χ1v) is 8.24. The van der Waals surface area contributed by atoms with Crippen LogP contribution in [0.1, 0.15) is 5.56 Å². The van der Waals surface area contributed by atoms with Gasteiger partial charge in [-0.1, -0.05) is 39.4 Å². The summed E-state index contributed by atoms with van der Waals surface area (Å²) in [6, 6.07) is 7.18. The van der Waals surface area contributed by atoms with Crippen LogP contribution in [0.25, 0.3) is 0 Å². The summed E-state index contributed by atoms with van der Waals surface area (Å²) in [6.07, 6.45) is 0. The topological polar surface area (TPSA) is 63.2 Å². The molecule has 0 aliphatic heterocycles. The maximum atomic E-state index is 12.1. The van der Waals surface area contributed by atoms with E-state index in [1.807, 2.05) is 12.1 Å². The third kappa shape index (κ3) is 3.06. The fourth-order valence-electron chi connectivity index (χ4n) is 1.31. The molecule has 1 aromatic heterocycles. The minimum atomic E-state index is -3.42. The van der Waals surface area contributed by atoms with Crippen LogP contribution >= 0.6 is 27.3 Å². The second kappa shape index (κ2) is 5.33. The van der Waals surface area contributed by atoms with E-state index in [1.165, 1.54) is 23.9 Å². The quantitative estimate of drug-likeness (QED) is 0.850. The number of sulfonamides is 1. The van der Waals surface area contributed by atoms with Crippen LogP contribution in [0, 0.1) is 0 Å². The third-order valence-corrected chi connectivity index (χ3v) is 5.41. The molecule has 5 nitrogen and oxygen atoms in total. The van der Waals surface area contributed by atoms with Crippen LogP contribution in [0.2, 0.25) is 0 Å². The highest BCUT2D eigenvalue weighted by atomic mass is 79.9. The van der Waals surface area contributed by atoms with E-state index < -0.39 is 10.0 Å². The molecule has 1 aromatic carbocycles. The normalized spacial score (nSPS) is 11.4. The van der Waals surface area contributed by atoms with E-state index in [0.29, 0.717) is 5.13 Å². The molecular weight excluding hydrogens is 338 g/mol. The molecule has 0 amide bonds. The van der Waals surface area contributed by atoms with Crippen molar-refractivity contribution < 1.29 is 8.42 Å². The summed E-state index contributed by atoms with van der Waals surface area (Å²) >= 11 is 4.50. The van der Waals surface area contributed by atoms with Crippen molar-refractivity contribution in [2.24, 2.45) is 0 Å². The van der Waals surface area contributed by atoms with Crippen LogP contribution in [-0.4, -0.2) is 25.7 Å². The number of aromatic nitrogens is 2. The van der Waals surface area contributed by atoms with Crippen molar-refractivity contribution in [3.8, 4) is 0 Å². The summed E-state index contributed by atoms with van der Waals surface area (Å²) in [7, 11) is -1.94. The number of benzene rings is 1. The lowest BCUT2D eigenvalue weighted by Gasteiger charge is -2.15. The highest BCUT2D eigenvalue weighted by Crippen LogP contribution is 2.20. The van der Waals surface area contributed by atoms with Crippen molar-refractivity contribution in [1.29, 1.82) is 0 Å². The van der Waals surface area contributed by atoms with Gasteiger partial charge in [-0.15, -0.1) is 10.2 Å². The summed E-state index contributed by atoms with van der Waals surface area (Å²) < 4.78 is 26.3. The fourth-order valence-corrected chi connectivity index (χ4v) is 3.56. The maximum Gasteiger partial charge on any atom is 0.240 e. The number of rotatable bonds is 4. The zero-order chi connectivity index (χ0) is 13.2. The molecule has 0 saturated heterocycles. The van der Waals surface area contributed by atoms with Gasteiger partial charge in [0.05, 0.1) is 5.75 Å². The third-order valence-electron chi connectivity index (χ3n) is 2.30. The van der Waals surface area contributed by atoms with E-state index in [4.69, 9.17) is 0 Å². The van der Waals surface area contributed by atoms with Crippen LogP contribution in [0.3, 0.4) is 0 Å². The zero-order valence-corrected chi connectivity index (χ0v) is 12.7. The van der Waals surface area contributed by atoms with Crippen molar-refractivity contribution in [2.75, 3.05) is 11.4 Å². The number of nitrogens with zero attached hydrogens (tertiary/aromatic N) is 3. The Morgan fingerprint density at radius 3 is 2.56 bits per heavy atom. The summed E-state index contributed by atoms with van der Waals surface area (Å²) in [4.78, 5) is 0. The van der Waals surface area contributed by atoms with Crippen LogP contribution in [0.4, 0.5) is 5.13 Å². The summed E-state index contributed by atoms with van der Waals surface area (Å²) in [5.41, 5.74) is 2.23. The molecule has 18 heavy (non-hydrogen) atoms. The largest absolute Gasteiger partial charge is 0.246 e. The average Bonchev–Trinajstić information content (AvgIpc) is 2.84. The van der Waals surface area contributed by atoms with E-state index in [-0.39, 0.29) is 5.75 Å². The molecule has 0 aliphatic carbocycles. The molecule has 96 valence electrons. The molecule has 0 fully saturated rings. The lowest BCUT2D eigenvalue weighted by Crippen LogP contribution is -2.27. The number of hydrogen-bond acceptors (Lipinski definition) is 5. The predicted octanol–water partition coefficient (Wildman–Crippen LogP) is 2.27. The van der Waals surface area contributed by atoms with Gasteiger partial charge in [-0.25, -0.2) is 12.7 Å². The van der Waals surface area contributed by atoms with Crippen LogP contribution in [0.5, 0.6) is 0 Å². The Morgan fingerprint density at radius 1 is 1.33 bits per heavy atom. The van der Waals surface area contributed by atoms with E-state index in [9.17, 15) is 8.42 Å². The van der Waals surface area contributed by atoms with Crippen molar-refractivity contribution in [1.82, 2.24) is 10.2 Å². The average molecular weight is 348 g/mol. The van der Waals surface area contributed by atoms with Gasteiger partial charge < -0.3 is 0 Å². The van der Waals surface area contributed by atoms with Gasteiger partial charge in [0.1, 0.15) is 5.51 Å². The summed E-state index contributed by atoms with van der Waals surface area (Å²) in [5.74, 6) is -0.0592. The SMILES string of the molecule is CN(c1nncs1)S(=O)(=O)Cc1ccc(Br)cc1. The van der Waals surface area contributed by atoms with Gasteiger partial charge in [0, 0.05) is 11.5 Å². The summed E-state index contributed by atoms with van der Waals surface area (Å²) in [6.45, 7) is 0. The molecule has 0 atom stereocenters. The number of halogens is 1. The van der Waals surface area contributed by atoms with E-state index in [2.05, 4.69) is 26.1 Å². The van der Waals surface area contributed by atoms with Crippen molar-refractivity contribution >= 4 is 42.4 Å². The van der Waals surface area contributed by atoms with Gasteiger partial charge in [-0.2, -0.15) is 0 Å². The number of anilines is 1. The maximum absolute atomic E-state index is 12.1. The van der Waals surface area contributed by atoms with Gasteiger partial charge in [-0.05, 0) is 17.7 Å². The lowest BCUT2D eigenvalue weighted by molar-refractivity contribution is 0.593. The van der Waals surface area contributed by atoms with Crippen molar-refractivity contribution in [3.05, 3.63) is 39.8 Å². The van der Waals surface area contributed by atoms with E-state index in [1.54, 1.807) is 12.1 Å². The Morgan fingerprint density at radius 2 is 2.00 bits per heavy atom. The van der Waals surface area contributed by atoms with Crippen molar-refractivity contribution in [2.45, 2.75) is 5.75 Å². The van der Waals surface area contributed by atoms with Gasteiger partial charge >= 0.3 is 0 Å². The highest BCUT2D eigenvalue weighted by molar-refractivity contribution is 9.10. The Balaban J connectivity index is 2.19. The van der Waals surface area contributed by atoms with Crippen molar-refractivity contribution in [3.63, 3.8) is 0 Å². The minimum absolute atomic E-state index is 0.0592. The second-order valence-corrected chi connectivity index (χ2v) is 7.30. The Kier molecular flexibility index (Phi) is 3.98. The van der Waals surface area contributed by atoms with Gasteiger partial charge in [-0.3, -0.25) is 0 Å². The Hall–Kier alpha value is -0.990. The fraction of sp³-hybridized carbons (Fsp3) is 0.200. The lowest BCUT2D eigenvalue weighted by atomic mass is 10.2. The molecule has 0 N–H and O–H groups in total. The molecule has 0 spiro atoms. The molecule has 0 radical (unpaired) electrons. The zero-order valence-electron chi connectivity index (χ0n) is 9.45. The first-order chi connectivity index (χ1) is 8.49. The van der Waals surface area contributed by atoms with Gasteiger partial charge in [0.15, 0.2) is 0 Å². The minimum Gasteiger partial charge on any atom is -0.246 e. The smallest absolute Gasteiger partial charge is 0.240 e. The standard InChI is InChI=1S/C10H10BrN3O2S2/c1-14(10-13-12-7-17-10)18(15,16)6-8-2-4-9(11)5-3-8/h2-5,7H,6H2,1H3. The number of hydrogen-bond donors (Lipinski definition) is 0. The van der Waals surface area contributed by atoms with Gasteiger partial charge in [0.2, 0.25) is 15.2 Å². The molecule has 2 rings (SSSR count). The first-order valence-electron chi connectivity index (χ1n) is 4.96. The Labute approximate surface area is 118 Å². The highest BCUT2D eigenvalue weighted by Gasteiger charge is 2.21. The molecule has 0 bridgehead atoms. The first kappa shape index (κ1) is 13.4. The molecule has 0 unspecified atom stereocenters. The summed E-state index contributed by atoms with van der Waals surface area (Å²) in [5, 5.41) is 7.75. The molecule has 1 heterocycles. The molecule has 0 saturated carbocycles. The molecule has 2 aromatic rings. The molecule has 0 aliphatic rings. The van der Waals surface area contributed by atoms with Crippen LogP contribution in [0.15, 0.2) is 34.2 Å². The van der Waals surface area contributed by atoms with Crippen LogP contribution < -0.4 is 4.31 Å². The van der Waals surface area contributed by atoms with E-state index >= 15 is 0 Å². The predicted molar refractivity (Wildman–Crippen MR) is 75.1 cm³/mol.